The van der Waals surface area contributed by atoms with Crippen LogP contribution in [-0.4, -0.2) is 10.8 Å². The predicted octanol–water partition coefficient (Wildman–Crippen LogP) is 2.75. The number of carbonyl (C=O) groups is 1. The Kier molecular flexibility index (Phi) is 3.09. The van der Waals surface area contributed by atoms with Gasteiger partial charge >= 0.3 is 0 Å². The maximum Gasteiger partial charge on any atom is 0.270 e. The van der Waals surface area contributed by atoms with Crippen molar-refractivity contribution < 1.29 is 9.72 Å². The largest absolute Gasteiger partial charge is 0.302 e. The second kappa shape index (κ2) is 4.84. The van der Waals surface area contributed by atoms with Crippen LogP contribution in [0.3, 0.4) is 0 Å². The van der Waals surface area contributed by atoms with Crippen LogP contribution in [0.25, 0.3) is 16.8 Å². The third kappa shape index (κ3) is 2.18. The molecular weight excluding hydrogens is 282 g/mol. The van der Waals surface area contributed by atoms with E-state index >= 15 is 0 Å². The predicted molar refractivity (Wildman–Crippen MR) is 83.6 cm³/mol. The number of nitro benzene ring substituents is 1. The third-order valence-electron chi connectivity index (χ3n) is 3.94. The molecule has 0 radical (unpaired) electrons. The van der Waals surface area contributed by atoms with Gasteiger partial charge < -0.3 is 5.43 Å². The van der Waals surface area contributed by atoms with E-state index in [4.69, 9.17) is 0 Å². The average molecular weight is 297 g/mol. The lowest BCUT2D eigenvalue weighted by atomic mass is 9.88. The second-order valence-corrected chi connectivity index (χ2v) is 5.78. The SMILES string of the molecule is CC1(C)C(=O)NN/C1=C\c1cc([N+](=O)[O-])cc2ccccc12. The van der Waals surface area contributed by atoms with Crippen molar-refractivity contribution in [2.45, 2.75) is 13.8 Å². The van der Waals surface area contributed by atoms with Gasteiger partial charge in [0.05, 0.1) is 10.3 Å². The summed E-state index contributed by atoms with van der Waals surface area (Å²) in [5.74, 6) is -0.131. The zero-order valence-corrected chi connectivity index (χ0v) is 12.2. The number of hydrogen-bond donors (Lipinski definition) is 2. The van der Waals surface area contributed by atoms with Gasteiger partial charge in [0.25, 0.3) is 5.69 Å². The van der Waals surface area contributed by atoms with Gasteiger partial charge in [-0.15, -0.1) is 0 Å². The third-order valence-corrected chi connectivity index (χ3v) is 3.94. The lowest BCUT2D eigenvalue weighted by Crippen LogP contribution is -2.28. The van der Waals surface area contributed by atoms with Crippen LogP contribution >= 0.6 is 0 Å². The van der Waals surface area contributed by atoms with Gasteiger partial charge in [0.2, 0.25) is 5.91 Å². The quantitative estimate of drug-likeness (QED) is 0.659. The van der Waals surface area contributed by atoms with Crippen LogP contribution in [0.2, 0.25) is 0 Å². The Hall–Kier alpha value is -2.89. The maximum absolute atomic E-state index is 11.8. The van der Waals surface area contributed by atoms with E-state index in [0.717, 1.165) is 10.8 Å². The van der Waals surface area contributed by atoms with E-state index in [1.165, 1.54) is 6.07 Å². The maximum atomic E-state index is 11.8. The number of non-ortho nitro benzene ring substituents is 1. The van der Waals surface area contributed by atoms with E-state index in [0.29, 0.717) is 11.3 Å². The Morgan fingerprint density at radius 3 is 2.55 bits per heavy atom. The van der Waals surface area contributed by atoms with Gasteiger partial charge in [0, 0.05) is 17.8 Å². The Morgan fingerprint density at radius 2 is 1.91 bits per heavy atom. The molecule has 0 bridgehead atoms. The molecule has 1 amide bonds. The molecule has 1 heterocycles. The highest BCUT2D eigenvalue weighted by molar-refractivity contribution is 5.95. The molecule has 22 heavy (non-hydrogen) atoms. The first kappa shape index (κ1) is 14.1. The van der Waals surface area contributed by atoms with Crippen molar-refractivity contribution in [1.29, 1.82) is 0 Å². The molecule has 1 fully saturated rings. The van der Waals surface area contributed by atoms with Gasteiger partial charge in [-0.05, 0) is 36.3 Å². The molecule has 6 nitrogen and oxygen atoms in total. The van der Waals surface area contributed by atoms with Crippen molar-refractivity contribution in [3.05, 3.63) is 57.8 Å². The number of hydrazine groups is 1. The average Bonchev–Trinajstić information content (AvgIpc) is 2.73. The number of hydrogen-bond acceptors (Lipinski definition) is 4. The minimum atomic E-state index is -0.703. The van der Waals surface area contributed by atoms with Gasteiger partial charge in [0.15, 0.2) is 0 Å². The summed E-state index contributed by atoms with van der Waals surface area (Å²) in [5, 5.41) is 12.8. The van der Waals surface area contributed by atoms with Crippen molar-refractivity contribution in [2.24, 2.45) is 5.41 Å². The number of nitrogens with one attached hydrogen (secondary N) is 2. The van der Waals surface area contributed by atoms with E-state index in [2.05, 4.69) is 10.9 Å². The molecule has 2 aromatic carbocycles. The standard InChI is InChI=1S/C16H15N3O3/c1-16(2)14(17-18-15(16)20)9-11-8-12(19(21)22)7-10-5-3-4-6-13(10)11/h3-9,17H,1-2H3,(H,18,20)/b14-9-. The fourth-order valence-electron chi connectivity index (χ4n) is 2.48. The molecule has 2 N–H and O–H groups in total. The zero-order valence-electron chi connectivity index (χ0n) is 12.2. The smallest absolute Gasteiger partial charge is 0.270 e. The fraction of sp³-hybridized carbons (Fsp3) is 0.188. The first-order valence-electron chi connectivity index (χ1n) is 6.85. The molecule has 112 valence electrons. The molecule has 0 atom stereocenters. The minimum absolute atomic E-state index is 0.0284. The summed E-state index contributed by atoms with van der Waals surface area (Å²) in [5.41, 5.74) is 6.14. The van der Waals surface area contributed by atoms with Crippen molar-refractivity contribution in [3.63, 3.8) is 0 Å². The van der Waals surface area contributed by atoms with Crippen molar-refractivity contribution >= 4 is 28.4 Å². The summed E-state index contributed by atoms with van der Waals surface area (Å²) in [6.07, 6.45) is 1.78. The number of nitrogens with zero attached hydrogens (tertiary/aromatic N) is 1. The zero-order chi connectivity index (χ0) is 15.9. The minimum Gasteiger partial charge on any atom is -0.302 e. The number of benzene rings is 2. The van der Waals surface area contributed by atoms with E-state index < -0.39 is 10.3 Å². The first-order chi connectivity index (χ1) is 10.4. The van der Waals surface area contributed by atoms with E-state index in [9.17, 15) is 14.9 Å². The highest BCUT2D eigenvalue weighted by Gasteiger charge is 2.37. The monoisotopic (exact) mass is 297 g/mol. The number of nitro groups is 1. The highest BCUT2D eigenvalue weighted by Crippen LogP contribution is 2.32. The van der Waals surface area contributed by atoms with Crippen LogP contribution in [0, 0.1) is 15.5 Å². The van der Waals surface area contributed by atoms with E-state index in [1.54, 1.807) is 26.0 Å². The van der Waals surface area contributed by atoms with Gasteiger partial charge in [-0.1, -0.05) is 24.3 Å². The summed E-state index contributed by atoms with van der Waals surface area (Å²) in [7, 11) is 0. The van der Waals surface area contributed by atoms with Crippen molar-refractivity contribution in [1.82, 2.24) is 10.9 Å². The number of carbonyl (C=O) groups excluding carboxylic acids is 1. The normalized spacial score (nSPS) is 18.3. The lowest BCUT2D eigenvalue weighted by molar-refractivity contribution is -0.384. The summed E-state index contributed by atoms with van der Waals surface area (Å²) in [6, 6.07) is 10.5. The van der Waals surface area contributed by atoms with Gasteiger partial charge in [-0.2, -0.15) is 0 Å². The summed E-state index contributed by atoms with van der Waals surface area (Å²) >= 11 is 0. The van der Waals surface area contributed by atoms with Crippen LogP contribution in [0.4, 0.5) is 5.69 Å². The first-order valence-corrected chi connectivity index (χ1v) is 6.85. The van der Waals surface area contributed by atoms with Crippen LogP contribution in [0.1, 0.15) is 19.4 Å². The van der Waals surface area contributed by atoms with E-state index in [-0.39, 0.29) is 11.6 Å². The summed E-state index contributed by atoms with van der Waals surface area (Å²) in [6.45, 7) is 3.60. The second-order valence-electron chi connectivity index (χ2n) is 5.78. The molecule has 0 spiro atoms. The summed E-state index contributed by atoms with van der Waals surface area (Å²) < 4.78 is 0. The molecule has 1 saturated heterocycles. The Morgan fingerprint density at radius 1 is 1.18 bits per heavy atom. The summed E-state index contributed by atoms with van der Waals surface area (Å²) in [4.78, 5) is 22.5. The number of fused-ring (bicyclic) bond motifs is 1. The van der Waals surface area contributed by atoms with Crippen LogP contribution in [0.15, 0.2) is 42.1 Å². The molecule has 3 rings (SSSR count). The number of rotatable bonds is 2. The molecule has 1 aliphatic heterocycles. The van der Waals surface area contributed by atoms with Gasteiger partial charge in [-0.3, -0.25) is 20.3 Å². The van der Waals surface area contributed by atoms with Crippen LogP contribution in [-0.2, 0) is 4.79 Å². The fourth-order valence-corrected chi connectivity index (χ4v) is 2.48. The van der Waals surface area contributed by atoms with E-state index in [1.807, 2.05) is 24.3 Å². The molecule has 1 aliphatic rings. The highest BCUT2D eigenvalue weighted by atomic mass is 16.6. The lowest BCUT2D eigenvalue weighted by Gasteiger charge is -2.14. The molecular formula is C16H15N3O3. The van der Waals surface area contributed by atoms with Gasteiger partial charge in [0.1, 0.15) is 0 Å². The molecule has 6 heteroatoms. The Bertz CT molecular complexity index is 824. The Labute approximate surface area is 126 Å². The molecule has 0 aliphatic carbocycles. The topological polar surface area (TPSA) is 84.3 Å². The van der Waals surface area contributed by atoms with Crippen LogP contribution in [0.5, 0.6) is 0 Å². The van der Waals surface area contributed by atoms with Gasteiger partial charge in [-0.25, -0.2) is 0 Å². The van der Waals surface area contributed by atoms with Crippen LogP contribution < -0.4 is 10.9 Å². The Balaban J connectivity index is 2.22. The molecule has 2 aromatic rings. The number of amides is 1. The van der Waals surface area contributed by atoms with Crippen molar-refractivity contribution in [3.8, 4) is 0 Å². The molecule has 0 unspecified atom stereocenters. The molecule has 0 saturated carbocycles. The van der Waals surface area contributed by atoms with Crippen molar-refractivity contribution in [2.75, 3.05) is 0 Å². The molecule has 0 aromatic heterocycles.